The number of hydrogen-bond donors (Lipinski definition) is 1. The molecule has 0 aromatic heterocycles. The molecule has 0 saturated carbocycles. The van der Waals surface area contributed by atoms with Gasteiger partial charge in [0.25, 0.3) is 0 Å². The Balaban J connectivity index is 1.93. The minimum Gasteiger partial charge on any atom is -0.317 e. The van der Waals surface area contributed by atoms with E-state index in [2.05, 4.69) is 50.4 Å². The molecule has 3 heteroatoms. The highest BCUT2D eigenvalue weighted by molar-refractivity contribution is 5.92. The summed E-state index contributed by atoms with van der Waals surface area (Å²) in [6.07, 6.45) is 3.04. The molecular formula is C19H30N2O. The fraction of sp³-hybridized carbons (Fsp3) is 0.632. The number of carbonyl (C=O) groups excluding carboxylic acids is 1. The number of piperidine rings is 1. The van der Waals surface area contributed by atoms with E-state index in [4.69, 9.17) is 0 Å². The Morgan fingerprint density at radius 3 is 2.32 bits per heavy atom. The van der Waals surface area contributed by atoms with Crippen LogP contribution in [0.25, 0.3) is 0 Å². The van der Waals surface area contributed by atoms with Crippen LogP contribution in [0.5, 0.6) is 0 Å². The summed E-state index contributed by atoms with van der Waals surface area (Å²) < 4.78 is 0. The van der Waals surface area contributed by atoms with Gasteiger partial charge in [0, 0.05) is 19.2 Å². The quantitative estimate of drug-likeness (QED) is 0.897. The number of anilines is 1. The molecule has 0 radical (unpaired) electrons. The average Bonchev–Trinajstić information content (AvgIpc) is 2.55. The summed E-state index contributed by atoms with van der Waals surface area (Å²) in [4.78, 5) is 14.3. The average molecular weight is 302 g/mol. The minimum absolute atomic E-state index is 0.225. The number of nitrogens with zero attached hydrogens (tertiary/aromatic N) is 1. The van der Waals surface area contributed by atoms with Crippen LogP contribution in [-0.4, -0.2) is 26.0 Å². The molecule has 1 fully saturated rings. The Hall–Kier alpha value is -1.35. The number of nitrogens with one attached hydrogen (secondary N) is 1. The first kappa shape index (κ1) is 17.0. The molecule has 0 aliphatic carbocycles. The Bertz CT molecular complexity index is 475. The largest absolute Gasteiger partial charge is 0.317 e. The van der Waals surface area contributed by atoms with E-state index in [1.807, 2.05) is 11.9 Å². The van der Waals surface area contributed by atoms with Crippen molar-refractivity contribution in [1.82, 2.24) is 5.32 Å². The highest BCUT2D eigenvalue weighted by Gasteiger charge is 2.23. The molecule has 1 unspecified atom stereocenters. The van der Waals surface area contributed by atoms with Crippen LogP contribution in [0.2, 0.25) is 0 Å². The number of carbonyl (C=O) groups is 1. The molecule has 122 valence electrons. The number of amides is 1. The van der Waals surface area contributed by atoms with Crippen LogP contribution in [0.4, 0.5) is 5.69 Å². The van der Waals surface area contributed by atoms with Gasteiger partial charge in [-0.15, -0.1) is 0 Å². The summed E-state index contributed by atoms with van der Waals surface area (Å²) in [7, 11) is 1.89. The van der Waals surface area contributed by atoms with E-state index in [0.29, 0.717) is 24.2 Å². The number of rotatable bonds is 5. The minimum atomic E-state index is 0.225. The van der Waals surface area contributed by atoms with E-state index in [9.17, 15) is 4.79 Å². The van der Waals surface area contributed by atoms with Gasteiger partial charge in [0.05, 0.1) is 0 Å². The van der Waals surface area contributed by atoms with Crippen molar-refractivity contribution in [1.29, 1.82) is 0 Å². The zero-order valence-corrected chi connectivity index (χ0v) is 14.4. The van der Waals surface area contributed by atoms with Crippen LogP contribution < -0.4 is 10.2 Å². The van der Waals surface area contributed by atoms with Crippen molar-refractivity contribution in [3.05, 3.63) is 29.8 Å². The van der Waals surface area contributed by atoms with Crippen LogP contribution in [-0.2, 0) is 4.79 Å². The lowest BCUT2D eigenvalue weighted by atomic mass is 9.84. The standard InChI is InChI=1S/C19H30N2O/c1-14(2)16-5-7-18(8-6-16)21(4)19(22)13-15(3)17-9-11-20-12-10-17/h5-8,14-15,17,20H,9-13H2,1-4H3. The van der Waals surface area contributed by atoms with E-state index in [-0.39, 0.29) is 5.91 Å². The second-order valence-corrected chi connectivity index (χ2v) is 6.97. The van der Waals surface area contributed by atoms with Gasteiger partial charge in [-0.2, -0.15) is 0 Å². The monoisotopic (exact) mass is 302 g/mol. The lowest BCUT2D eigenvalue weighted by molar-refractivity contribution is -0.119. The fourth-order valence-corrected chi connectivity index (χ4v) is 3.22. The highest BCUT2D eigenvalue weighted by atomic mass is 16.2. The Labute approximate surface area is 135 Å². The molecule has 0 spiro atoms. The van der Waals surface area contributed by atoms with Crippen LogP contribution in [0.3, 0.4) is 0 Å². The topological polar surface area (TPSA) is 32.3 Å². The molecule has 1 aromatic carbocycles. The van der Waals surface area contributed by atoms with Crippen LogP contribution in [0.15, 0.2) is 24.3 Å². The molecule has 0 bridgehead atoms. The summed E-state index contributed by atoms with van der Waals surface area (Å²) in [6.45, 7) is 8.78. The van der Waals surface area contributed by atoms with Gasteiger partial charge in [-0.1, -0.05) is 32.9 Å². The molecule has 1 heterocycles. The number of hydrogen-bond acceptors (Lipinski definition) is 2. The second kappa shape index (κ2) is 7.77. The Kier molecular flexibility index (Phi) is 6.01. The predicted molar refractivity (Wildman–Crippen MR) is 93.3 cm³/mol. The SMILES string of the molecule is CC(C)c1ccc(N(C)C(=O)CC(C)C2CCNCC2)cc1. The van der Waals surface area contributed by atoms with Crippen molar-refractivity contribution in [3.8, 4) is 0 Å². The van der Waals surface area contributed by atoms with Crippen LogP contribution in [0.1, 0.15) is 51.5 Å². The second-order valence-electron chi connectivity index (χ2n) is 6.97. The third-order valence-corrected chi connectivity index (χ3v) is 5.01. The Morgan fingerprint density at radius 2 is 1.77 bits per heavy atom. The van der Waals surface area contributed by atoms with Gasteiger partial charge in [-0.25, -0.2) is 0 Å². The van der Waals surface area contributed by atoms with Gasteiger partial charge in [-0.05, 0) is 61.4 Å². The van der Waals surface area contributed by atoms with Crippen molar-refractivity contribution in [3.63, 3.8) is 0 Å². The smallest absolute Gasteiger partial charge is 0.226 e. The van der Waals surface area contributed by atoms with Gasteiger partial charge >= 0.3 is 0 Å². The molecule has 1 aliphatic heterocycles. The molecule has 1 amide bonds. The van der Waals surface area contributed by atoms with Crippen LogP contribution >= 0.6 is 0 Å². The van der Waals surface area contributed by atoms with Gasteiger partial charge < -0.3 is 10.2 Å². The maximum absolute atomic E-state index is 12.5. The van der Waals surface area contributed by atoms with Gasteiger partial charge in [0.1, 0.15) is 0 Å². The first-order chi connectivity index (χ1) is 10.5. The van der Waals surface area contributed by atoms with E-state index in [1.54, 1.807) is 0 Å². The molecule has 1 aliphatic rings. The van der Waals surface area contributed by atoms with E-state index in [0.717, 1.165) is 18.8 Å². The number of benzene rings is 1. The first-order valence-corrected chi connectivity index (χ1v) is 8.56. The predicted octanol–water partition coefficient (Wildman–Crippen LogP) is 3.80. The molecule has 3 nitrogen and oxygen atoms in total. The van der Waals surface area contributed by atoms with Crippen molar-refractivity contribution in [2.45, 2.75) is 46.0 Å². The van der Waals surface area contributed by atoms with Crippen molar-refractivity contribution in [2.24, 2.45) is 11.8 Å². The zero-order valence-electron chi connectivity index (χ0n) is 14.4. The van der Waals surface area contributed by atoms with Gasteiger partial charge in [0.15, 0.2) is 0 Å². The summed E-state index contributed by atoms with van der Waals surface area (Å²) in [6, 6.07) is 8.37. The third kappa shape index (κ3) is 4.33. The van der Waals surface area contributed by atoms with Crippen molar-refractivity contribution >= 4 is 11.6 Å². The highest BCUT2D eigenvalue weighted by Crippen LogP contribution is 2.26. The summed E-state index contributed by atoms with van der Waals surface area (Å²) in [5, 5.41) is 3.39. The summed E-state index contributed by atoms with van der Waals surface area (Å²) in [5.74, 6) is 1.90. The fourth-order valence-electron chi connectivity index (χ4n) is 3.22. The lowest BCUT2D eigenvalue weighted by Crippen LogP contribution is -2.34. The lowest BCUT2D eigenvalue weighted by Gasteiger charge is -2.29. The third-order valence-electron chi connectivity index (χ3n) is 5.01. The molecule has 1 aromatic rings. The van der Waals surface area contributed by atoms with E-state index in [1.165, 1.54) is 18.4 Å². The summed E-state index contributed by atoms with van der Waals surface area (Å²) >= 11 is 0. The molecular weight excluding hydrogens is 272 g/mol. The normalized spacial score (nSPS) is 17.5. The molecule has 1 N–H and O–H groups in total. The van der Waals surface area contributed by atoms with Crippen LogP contribution in [0, 0.1) is 11.8 Å². The molecule has 1 atom stereocenters. The first-order valence-electron chi connectivity index (χ1n) is 8.56. The maximum atomic E-state index is 12.5. The van der Waals surface area contributed by atoms with Gasteiger partial charge in [0.2, 0.25) is 5.91 Å². The summed E-state index contributed by atoms with van der Waals surface area (Å²) in [5.41, 5.74) is 2.31. The molecule has 2 rings (SSSR count). The van der Waals surface area contributed by atoms with E-state index < -0.39 is 0 Å². The van der Waals surface area contributed by atoms with Crippen molar-refractivity contribution in [2.75, 3.05) is 25.0 Å². The molecule has 1 saturated heterocycles. The maximum Gasteiger partial charge on any atom is 0.226 e. The molecule has 22 heavy (non-hydrogen) atoms. The Morgan fingerprint density at radius 1 is 1.18 bits per heavy atom. The zero-order chi connectivity index (χ0) is 16.1. The van der Waals surface area contributed by atoms with E-state index >= 15 is 0 Å². The van der Waals surface area contributed by atoms with Gasteiger partial charge in [-0.3, -0.25) is 4.79 Å². The van der Waals surface area contributed by atoms with Crippen molar-refractivity contribution < 1.29 is 4.79 Å².